The molecule has 5 nitrogen and oxygen atoms in total. The molecule has 0 fully saturated rings. The van der Waals surface area contributed by atoms with Gasteiger partial charge in [-0.05, 0) is 24.5 Å². The molecule has 0 aliphatic carbocycles. The molecule has 106 valence electrons. The maximum Gasteiger partial charge on any atom is 0.220 e. The Hall–Kier alpha value is -1.59. The number of benzene rings is 1. The predicted octanol–water partition coefficient (Wildman–Crippen LogP) is 0.840. The van der Waals surface area contributed by atoms with Crippen molar-refractivity contribution < 1.29 is 19.7 Å². The summed E-state index contributed by atoms with van der Waals surface area (Å²) in [6, 6.07) is 7.02. The largest absolute Gasteiger partial charge is 0.508 e. The van der Waals surface area contributed by atoms with Crippen molar-refractivity contribution in [3.8, 4) is 5.75 Å². The lowest BCUT2D eigenvalue weighted by atomic mass is 10.1. The van der Waals surface area contributed by atoms with Crippen molar-refractivity contribution in [2.24, 2.45) is 0 Å². The van der Waals surface area contributed by atoms with E-state index in [1.807, 2.05) is 12.1 Å². The first-order valence-corrected chi connectivity index (χ1v) is 6.46. The van der Waals surface area contributed by atoms with Crippen LogP contribution in [0.2, 0.25) is 0 Å². The number of phenolic OH excluding ortho intramolecular Hbond substituents is 1. The van der Waals surface area contributed by atoms with Crippen LogP contribution in [0, 0.1) is 0 Å². The van der Waals surface area contributed by atoms with Gasteiger partial charge in [0.2, 0.25) is 5.91 Å². The van der Waals surface area contributed by atoms with Crippen molar-refractivity contribution in [2.45, 2.75) is 19.3 Å². The highest BCUT2D eigenvalue weighted by Crippen LogP contribution is 2.16. The van der Waals surface area contributed by atoms with Crippen molar-refractivity contribution in [3.05, 3.63) is 29.8 Å². The summed E-state index contributed by atoms with van der Waals surface area (Å²) >= 11 is 0. The number of rotatable bonds is 9. The van der Waals surface area contributed by atoms with Gasteiger partial charge in [0, 0.05) is 19.6 Å². The summed E-state index contributed by atoms with van der Waals surface area (Å²) in [6.45, 7) is 1.44. The number of carbonyl (C=O) groups is 1. The van der Waals surface area contributed by atoms with Crippen molar-refractivity contribution >= 4 is 5.91 Å². The summed E-state index contributed by atoms with van der Waals surface area (Å²) < 4.78 is 5.08. The molecule has 1 aromatic carbocycles. The van der Waals surface area contributed by atoms with Crippen LogP contribution in [0.5, 0.6) is 5.75 Å². The van der Waals surface area contributed by atoms with Gasteiger partial charge in [0.1, 0.15) is 5.75 Å². The van der Waals surface area contributed by atoms with Gasteiger partial charge < -0.3 is 20.3 Å². The Morgan fingerprint density at radius 3 is 2.79 bits per heavy atom. The van der Waals surface area contributed by atoms with Gasteiger partial charge >= 0.3 is 0 Å². The average molecular weight is 267 g/mol. The molecular formula is C14H21NO4. The van der Waals surface area contributed by atoms with Crippen LogP contribution in [0.1, 0.15) is 18.4 Å². The second-order valence-corrected chi connectivity index (χ2v) is 4.17. The normalized spacial score (nSPS) is 10.4. The van der Waals surface area contributed by atoms with E-state index >= 15 is 0 Å². The van der Waals surface area contributed by atoms with Gasteiger partial charge in [-0.1, -0.05) is 18.2 Å². The number of hydrogen-bond donors (Lipinski definition) is 3. The van der Waals surface area contributed by atoms with Gasteiger partial charge in [0.15, 0.2) is 0 Å². The maximum absolute atomic E-state index is 11.5. The summed E-state index contributed by atoms with van der Waals surface area (Å²) in [5, 5.41) is 20.8. The molecule has 0 unspecified atom stereocenters. The number of aliphatic hydroxyl groups excluding tert-OH is 1. The van der Waals surface area contributed by atoms with Crippen LogP contribution < -0.4 is 5.32 Å². The Bertz CT molecular complexity index is 381. The molecule has 0 aromatic heterocycles. The second kappa shape index (κ2) is 9.35. The van der Waals surface area contributed by atoms with E-state index in [0.29, 0.717) is 32.6 Å². The fourth-order valence-corrected chi connectivity index (χ4v) is 1.63. The summed E-state index contributed by atoms with van der Waals surface area (Å²) in [5.74, 6) is 0.193. The number of aryl methyl sites for hydroxylation is 1. The van der Waals surface area contributed by atoms with Crippen LogP contribution in [-0.2, 0) is 16.0 Å². The fraction of sp³-hybridized carbons (Fsp3) is 0.500. The Morgan fingerprint density at radius 2 is 2.05 bits per heavy atom. The molecule has 0 bridgehead atoms. The van der Waals surface area contributed by atoms with Gasteiger partial charge in [-0.15, -0.1) is 0 Å². The van der Waals surface area contributed by atoms with Gasteiger partial charge in [0.25, 0.3) is 0 Å². The van der Waals surface area contributed by atoms with Gasteiger partial charge in [-0.2, -0.15) is 0 Å². The van der Waals surface area contributed by atoms with Gasteiger partial charge in [-0.25, -0.2) is 0 Å². The van der Waals surface area contributed by atoms with Crippen LogP contribution >= 0.6 is 0 Å². The third-order valence-electron chi connectivity index (χ3n) is 2.64. The molecule has 1 aromatic rings. The van der Waals surface area contributed by atoms with Gasteiger partial charge in [0.05, 0.1) is 13.2 Å². The minimum absolute atomic E-state index is 0.0208. The zero-order chi connectivity index (χ0) is 13.9. The monoisotopic (exact) mass is 267 g/mol. The topological polar surface area (TPSA) is 78.8 Å². The van der Waals surface area contributed by atoms with E-state index in [9.17, 15) is 9.90 Å². The standard InChI is InChI=1S/C14H21NO4/c16-9-11-19-10-3-8-15-14(18)7-6-12-4-1-2-5-13(12)17/h1-2,4-5,16-17H,3,6-11H2,(H,15,18). The maximum atomic E-state index is 11.5. The summed E-state index contributed by atoms with van der Waals surface area (Å²) in [6.07, 6.45) is 1.61. The number of nitrogens with one attached hydrogen (secondary N) is 1. The van der Waals surface area contributed by atoms with Crippen LogP contribution in [-0.4, -0.2) is 42.5 Å². The Morgan fingerprint density at radius 1 is 1.26 bits per heavy atom. The van der Waals surface area contributed by atoms with Crippen molar-refractivity contribution in [1.82, 2.24) is 5.32 Å². The zero-order valence-corrected chi connectivity index (χ0v) is 11.0. The molecule has 0 aliphatic rings. The Labute approximate surface area is 113 Å². The van der Waals surface area contributed by atoms with E-state index in [-0.39, 0.29) is 18.3 Å². The Kier molecular flexibility index (Phi) is 7.62. The average Bonchev–Trinajstić information content (AvgIpc) is 2.42. The molecule has 19 heavy (non-hydrogen) atoms. The SMILES string of the molecule is O=C(CCc1ccccc1O)NCCCOCCO. The lowest BCUT2D eigenvalue weighted by Gasteiger charge is -2.06. The Balaban J connectivity index is 2.10. The fourth-order valence-electron chi connectivity index (χ4n) is 1.63. The molecule has 0 radical (unpaired) electrons. The number of carbonyl (C=O) groups excluding carboxylic acids is 1. The molecule has 0 heterocycles. The van der Waals surface area contributed by atoms with Crippen LogP contribution in [0.3, 0.4) is 0 Å². The summed E-state index contributed by atoms with van der Waals surface area (Å²) in [4.78, 5) is 11.5. The number of aromatic hydroxyl groups is 1. The highest BCUT2D eigenvalue weighted by molar-refractivity contribution is 5.76. The minimum atomic E-state index is -0.0367. The quantitative estimate of drug-likeness (QED) is 0.579. The molecule has 0 atom stereocenters. The van der Waals surface area contributed by atoms with Crippen LogP contribution in [0.4, 0.5) is 0 Å². The van der Waals surface area contributed by atoms with E-state index in [0.717, 1.165) is 12.0 Å². The number of hydrogen-bond acceptors (Lipinski definition) is 4. The molecule has 5 heteroatoms. The number of amides is 1. The number of ether oxygens (including phenoxy) is 1. The van der Waals surface area contributed by atoms with E-state index in [1.54, 1.807) is 12.1 Å². The smallest absolute Gasteiger partial charge is 0.220 e. The summed E-state index contributed by atoms with van der Waals surface area (Å²) in [5.41, 5.74) is 0.781. The first-order chi connectivity index (χ1) is 9.24. The highest BCUT2D eigenvalue weighted by Gasteiger charge is 2.04. The summed E-state index contributed by atoms with van der Waals surface area (Å²) in [7, 11) is 0. The molecule has 0 saturated heterocycles. The molecule has 0 aliphatic heterocycles. The van der Waals surface area contributed by atoms with Crippen molar-refractivity contribution in [1.29, 1.82) is 0 Å². The third-order valence-corrected chi connectivity index (χ3v) is 2.64. The van der Waals surface area contributed by atoms with Crippen molar-refractivity contribution in [2.75, 3.05) is 26.4 Å². The molecule has 1 amide bonds. The van der Waals surface area contributed by atoms with Crippen LogP contribution in [0.25, 0.3) is 0 Å². The molecule has 1 rings (SSSR count). The van der Waals surface area contributed by atoms with Crippen molar-refractivity contribution in [3.63, 3.8) is 0 Å². The van der Waals surface area contributed by atoms with Gasteiger partial charge in [-0.3, -0.25) is 4.79 Å². The van der Waals surface area contributed by atoms with E-state index in [4.69, 9.17) is 9.84 Å². The molecular weight excluding hydrogens is 246 g/mol. The van der Waals surface area contributed by atoms with E-state index < -0.39 is 0 Å². The lowest BCUT2D eigenvalue weighted by Crippen LogP contribution is -2.25. The molecule has 3 N–H and O–H groups in total. The number of para-hydroxylation sites is 1. The number of phenols is 1. The first-order valence-electron chi connectivity index (χ1n) is 6.46. The minimum Gasteiger partial charge on any atom is -0.508 e. The highest BCUT2D eigenvalue weighted by atomic mass is 16.5. The van der Waals surface area contributed by atoms with E-state index in [1.165, 1.54) is 0 Å². The first kappa shape index (κ1) is 15.5. The lowest BCUT2D eigenvalue weighted by molar-refractivity contribution is -0.121. The third kappa shape index (κ3) is 6.79. The molecule has 0 saturated carbocycles. The molecule has 0 spiro atoms. The van der Waals surface area contributed by atoms with Crippen LogP contribution in [0.15, 0.2) is 24.3 Å². The predicted molar refractivity (Wildman–Crippen MR) is 72.0 cm³/mol. The van der Waals surface area contributed by atoms with E-state index in [2.05, 4.69) is 5.32 Å². The zero-order valence-electron chi connectivity index (χ0n) is 11.0. The second-order valence-electron chi connectivity index (χ2n) is 4.17. The number of aliphatic hydroxyl groups is 1.